The molecule has 1 aliphatic rings. The predicted molar refractivity (Wildman–Crippen MR) is 58.7 cm³/mol. The van der Waals surface area contributed by atoms with E-state index in [4.69, 9.17) is 9.47 Å². The van der Waals surface area contributed by atoms with Gasteiger partial charge in [-0.05, 0) is 25.7 Å². The quantitative estimate of drug-likeness (QED) is 0.660. The predicted octanol–water partition coefficient (Wildman–Crippen LogP) is 2.68. The molecule has 1 aliphatic carbocycles. The molecule has 1 rings (SSSR count). The number of methoxy groups -OCH3 is 1. The second-order valence-corrected chi connectivity index (χ2v) is 4.19. The summed E-state index contributed by atoms with van der Waals surface area (Å²) in [6, 6.07) is 0. The average molecular weight is 214 g/mol. The standard InChI is InChI=1S/C12H22O3/c1-3-4-9-12(13)15-11-8-6-5-7-10(11)14-2/h10-11H,3-9H2,1-2H3. The maximum absolute atomic E-state index is 11.5. The van der Waals surface area contributed by atoms with Crippen LogP contribution >= 0.6 is 0 Å². The number of carbonyl (C=O) groups is 1. The fourth-order valence-electron chi connectivity index (χ4n) is 2.02. The molecular formula is C12H22O3. The van der Waals surface area contributed by atoms with Crippen LogP contribution in [0.5, 0.6) is 0 Å². The third-order valence-electron chi connectivity index (χ3n) is 2.96. The summed E-state index contributed by atoms with van der Waals surface area (Å²) in [6.45, 7) is 2.08. The van der Waals surface area contributed by atoms with Crippen molar-refractivity contribution in [2.75, 3.05) is 7.11 Å². The molecule has 2 atom stereocenters. The zero-order chi connectivity index (χ0) is 11.1. The van der Waals surface area contributed by atoms with Crippen molar-refractivity contribution in [1.29, 1.82) is 0 Å². The molecule has 0 heterocycles. The topological polar surface area (TPSA) is 35.5 Å². The van der Waals surface area contributed by atoms with Gasteiger partial charge in [-0.2, -0.15) is 0 Å². The summed E-state index contributed by atoms with van der Waals surface area (Å²) in [5, 5.41) is 0. The van der Waals surface area contributed by atoms with Crippen LogP contribution in [0.4, 0.5) is 0 Å². The minimum atomic E-state index is -0.0641. The van der Waals surface area contributed by atoms with E-state index in [0.717, 1.165) is 32.1 Å². The second kappa shape index (κ2) is 6.83. The van der Waals surface area contributed by atoms with E-state index >= 15 is 0 Å². The summed E-state index contributed by atoms with van der Waals surface area (Å²) in [4.78, 5) is 11.5. The molecule has 0 aromatic carbocycles. The molecule has 0 amide bonds. The number of carbonyl (C=O) groups excluding carboxylic acids is 1. The lowest BCUT2D eigenvalue weighted by molar-refractivity contribution is -0.159. The highest BCUT2D eigenvalue weighted by atomic mass is 16.6. The van der Waals surface area contributed by atoms with Gasteiger partial charge < -0.3 is 9.47 Å². The zero-order valence-corrected chi connectivity index (χ0v) is 9.83. The van der Waals surface area contributed by atoms with Crippen LogP contribution in [0.15, 0.2) is 0 Å². The fraction of sp³-hybridized carbons (Fsp3) is 0.917. The molecular weight excluding hydrogens is 192 g/mol. The van der Waals surface area contributed by atoms with E-state index in [-0.39, 0.29) is 18.2 Å². The first-order chi connectivity index (χ1) is 7.27. The van der Waals surface area contributed by atoms with Crippen molar-refractivity contribution >= 4 is 5.97 Å². The van der Waals surface area contributed by atoms with E-state index in [1.54, 1.807) is 7.11 Å². The third kappa shape index (κ3) is 4.20. The minimum Gasteiger partial charge on any atom is -0.460 e. The fourth-order valence-corrected chi connectivity index (χ4v) is 2.02. The summed E-state index contributed by atoms with van der Waals surface area (Å²) in [5.74, 6) is -0.0641. The highest BCUT2D eigenvalue weighted by molar-refractivity contribution is 5.69. The van der Waals surface area contributed by atoms with Gasteiger partial charge in [-0.15, -0.1) is 0 Å². The van der Waals surface area contributed by atoms with Crippen molar-refractivity contribution in [2.24, 2.45) is 0 Å². The van der Waals surface area contributed by atoms with Gasteiger partial charge in [-0.25, -0.2) is 0 Å². The lowest BCUT2D eigenvalue weighted by Crippen LogP contribution is -2.35. The smallest absolute Gasteiger partial charge is 0.306 e. The second-order valence-electron chi connectivity index (χ2n) is 4.19. The molecule has 3 nitrogen and oxygen atoms in total. The van der Waals surface area contributed by atoms with Crippen molar-refractivity contribution in [1.82, 2.24) is 0 Å². The molecule has 0 bridgehead atoms. The number of hydrogen-bond donors (Lipinski definition) is 0. The molecule has 0 aromatic heterocycles. The Kier molecular flexibility index (Phi) is 5.69. The summed E-state index contributed by atoms with van der Waals surface area (Å²) in [7, 11) is 1.70. The molecule has 0 aromatic rings. The number of unbranched alkanes of at least 4 members (excludes halogenated alkanes) is 1. The molecule has 1 saturated carbocycles. The van der Waals surface area contributed by atoms with E-state index < -0.39 is 0 Å². The van der Waals surface area contributed by atoms with Gasteiger partial charge in [0.25, 0.3) is 0 Å². The Morgan fingerprint density at radius 1 is 1.27 bits per heavy atom. The van der Waals surface area contributed by atoms with Gasteiger partial charge in [0.15, 0.2) is 0 Å². The van der Waals surface area contributed by atoms with Crippen LogP contribution in [0, 0.1) is 0 Å². The van der Waals surface area contributed by atoms with Crippen LogP contribution in [-0.4, -0.2) is 25.3 Å². The van der Waals surface area contributed by atoms with Crippen molar-refractivity contribution in [3.8, 4) is 0 Å². The lowest BCUT2D eigenvalue weighted by atomic mass is 9.94. The van der Waals surface area contributed by atoms with Gasteiger partial charge in [-0.3, -0.25) is 4.79 Å². The van der Waals surface area contributed by atoms with Gasteiger partial charge in [-0.1, -0.05) is 19.8 Å². The van der Waals surface area contributed by atoms with Crippen LogP contribution < -0.4 is 0 Å². The molecule has 15 heavy (non-hydrogen) atoms. The van der Waals surface area contributed by atoms with Gasteiger partial charge in [0.05, 0.1) is 6.10 Å². The Balaban J connectivity index is 2.30. The summed E-state index contributed by atoms with van der Waals surface area (Å²) >= 11 is 0. The molecule has 1 fully saturated rings. The molecule has 0 aliphatic heterocycles. The van der Waals surface area contributed by atoms with Crippen LogP contribution in [0.3, 0.4) is 0 Å². The van der Waals surface area contributed by atoms with Crippen LogP contribution in [0.25, 0.3) is 0 Å². The van der Waals surface area contributed by atoms with E-state index in [0.29, 0.717) is 6.42 Å². The summed E-state index contributed by atoms with van der Waals surface area (Å²) < 4.78 is 10.8. The Hall–Kier alpha value is -0.570. The van der Waals surface area contributed by atoms with Crippen LogP contribution in [0.2, 0.25) is 0 Å². The number of ether oxygens (including phenoxy) is 2. The Labute approximate surface area is 92.1 Å². The average Bonchev–Trinajstić information content (AvgIpc) is 2.27. The third-order valence-corrected chi connectivity index (χ3v) is 2.96. The molecule has 0 saturated heterocycles. The first kappa shape index (κ1) is 12.5. The highest BCUT2D eigenvalue weighted by Gasteiger charge is 2.27. The van der Waals surface area contributed by atoms with E-state index in [9.17, 15) is 4.79 Å². The molecule has 2 unspecified atom stereocenters. The van der Waals surface area contributed by atoms with Gasteiger partial charge in [0, 0.05) is 13.5 Å². The summed E-state index contributed by atoms with van der Waals surface area (Å²) in [6.07, 6.45) is 6.91. The van der Waals surface area contributed by atoms with Crippen molar-refractivity contribution in [2.45, 2.75) is 64.1 Å². The van der Waals surface area contributed by atoms with Gasteiger partial charge in [0.2, 0.25) is 0 Å². The normalized spacial score (nSPS) is 26.3. The molecule has 0 spiro atoms. The van der Waals surface area contributed by atoms with Crippen molar-refractivity contribution < 1.29 is 14.3 Å². The van der Waals surface area contributed by atoms with Gasteiger partial charge >= 0.3 is 5.97 Å². The van der Waals surface area contributed by atoms with E-state index in [2.05, 4.69) is 6.92 Å². The SMILES string of the molecule is CCCCC(=O)OC1CCCCC1OC. The zero-order valence-electron chi connectivity index (χ0n) is 9.83. The van der Waals surface area contributed by atoms with Crippen LogP contribution in [0.1, 0.15) is 51.9 Å². The van der Waals surface area contributed by atoms with Gasteiger partial charge in [0.1, 0.15) is 6.10 Å². The molecule has 3 heteroatoms. The lowest BCUT2D eigenvalue weighted by Gasteiger charge is -2.29. The number of hydrogen-bond acceptors (Lipinski definition) is 3. The molecule has 0 radical (unpaired) electrons. The Morgan fingerprint density at radius 3 is 2.53 bits per heavy atom. The molecule has 0 N–H and O–H groups in total. The maximum atomic E-state index is 11.5. The number of esters is 1. The maximum Gasteiger partial charge on any atom is 0.306 e. The number of rotatable bonds is 5. The molecule has 88 valence electrons. The first-order valence-corrected chi connectivity index (χ1v) is 6.00. The summed E-state index contributed by atoms with van der Waals surface area (Å²) in [5.41, 5.74) is 0. The monoisotopic (exact) mass is 214 g/mol. The van der Waals surface area contributed by atoms with E-state index in [1.807, 2.05) is 0 Å². The Morgan fingerprint density at radius 2 is 1.93 bits per heavy atom. The van der Waals surface area contributed by atoms with Crippen molar-refractivity contribution in [3.05, 3.63) is 0 Å². The van der Waals surface area contributed by atoms with Crippen LogP contribution in [-0.2, 0) is 14.3 Å². The Bertz CT molecular complexity index is 191. The highest BCUT2D eigenvalue weighted by Crippen LogP contribution is 2.23. The largest absolute Gasteiger partial charge is 0.460 e. The first-order valence-electron chi connectivity index (χ1n) is 6.00. The van der Waals surface area contributed by atoms with E-state index in [1.165, 1.54) is 6.42 Å². The van der Waals surface area contributed by atoms with Crippen molar-refractivity contribution in [3.63, 3.8) is 0 Å². The minimum absolute atomic E-state index is 0.00638.